The normalized spacial score (nSPS) is 16.9. The SMILES string of the molecule is Cc1ccc2c(CC(=O)N(C)C3CCN(C)CC3)coc2c1C. The Morgan fingerprint density at radius 1 is 1.30 bits per heavy atom. The van der Waals surface area contributed by atoms with Crippen LogP contribution >= 0.6 is 0 Å². The van der Waals surface area contributed by atoms with E-state index in [1.807, 2.05) is 11.9 Å². The maximum absolute atomic E-state index is 12.7. The number of carbonyl (C=O) groups excluding carboxylic acids is 1. The number of aryl methyl sites for hydroxylation is 2. The van der Waals surface area contributed by atoms with Crippen molar-refractivity contribution in [1.29, 1.82) is 0 Å². The molecule has 0 atom stereocenters. The van der Waals surface area contributed by atoms with Crippen LogP contribution in [0.5, 0.6) is 0 Å². The molecule has 0 bridgehead atoms. The molecule has 1 aliphatic rings. The van der Waals surface area contributed by atoms with E-state index >= 15 is 0 Å². The summed E-state index contributed by atoms with van der Waals surface area (Å²) >= 11 is 0. The number of hydrogen-bond acceptors (Lipinski definition) is 3. The second kappa shape index (κ2) is 6.36. The number of nitrogens with zero attached hydrogens (tertiary/aromatic N) is 2. The van der Waals surface area contributed by atoms with Gasteiger partial charge in [-0.3, -0.25) is 4.79 Å². The first-order valence-electron chi connectivity index (χ1n) is 8.38. The highest BCUT2D eigenvalue weighted by Gasteiger charge is 2.24. The molecule has 3 rings (SSSR count). The van der Waals surface area contributed by atoms with Crippen molar-refractivity contribution in [2.75, 3.05) is 27.2 Å². The van der Waals surface area contributed by atoms with Crippen LogP contribution in [-0.2, 0) is 11.2 Å². The Morgan fingerprint density at radius 3 is 2.70 bits per heavy atom. The summed E-state index contributed by atoms with van der Waals surface area (Å²) in [5.41, 5.74) is 4.28. The minimum Gasteiger partial charge on any atom is -0.464 e. The fourth-order valence-electron chi connectivity index (χ4n) is 3.40. The summed E-state index contributed by atoms with van der Waals surface area (Å²) in [6.45, 7) is 6.28. The molecule has 4 heteroatoms. The topological polar surface area (TPSA) is 36.7 Å². The highest BCUT2D eigenvalue weighted by Crippen LogP contribution is 2.27. The highest BCUT2D eigenvalue weighted by molar-refractivity contribution is 5.89. The van der Waals surface area contributed by atoms with Gasteiger partial charge in [0.15, 0.2) is 0 Å². The molecular weight excluding hydrogens is 288 g/mol. The molecule has 23 heavy (non-hydrogen) atoms. The van der Waals surface area contributed by atoms with Crippen LogP contribution in [0.4, 0.5) is 0 Å². The molecule has 0 saturated carbocycles. The zero-order chi connectivity index (χ0) is 16.6. The Kier molecular flexibility index (Phi) is 4.44. The summed E-state index contributed by atoms with van der Waals surface area (Å²) in [7, 11) is 4.08. The van der Waals surface area contributed by atoms with Crippen molar-refractivity contribution in [1.82, 2.24) is 9.80 Å². The lowest BCUT2D eigenvalue weighted by Crippen LogP contribution is -2.44. The number of hydrogen-bond donors (Lipinski definition) is 0. The fourth-order valence-corrected chi connectivity index (χ4v) is 3.40. The lowest BCUT2D eigenvalue weighted by molar-refractivity contribution is -0.132. The van der Waals surface area contributed by atoms with Gasteiger partial charge in [0.25, 0.3) is 0 Å². The zero-order valence-corrected chi connectivity index (χ0v) is 14.6. The fraction of sp³-hybridized carbons (Fsp3) is 0.526. The van der Waals surface area contributed by atoms with Gasteiger partial charge in [-0.25, -0.2) is 0 Å². The van der Waals surface area contributed by atoms with Crippen molar-refractivity contribution in [3.8, 4) is 0 Å². The molecule has 1 aromatic heterocycles. The van der Waals surface area contributed by atoms with Gasteiger partial charge in [0, 0.05) is 24.0 Å². The van der Waals surface area contributed by atoms with Gasteiger partial charge in [0.1, 0.15) is 5.58 Å². The summed E-state index contributed by atoms with van der Waals surface area (Å²) in [4.78, 5) is 16.9. The number of furan rings is 1. The van der Waals surface area contributed by atoms with E-state index in [1.165, 1.54) is 5.56 Å². The van der Waals surface area contributed by atoms with Gasteiger partial charge in [-0.2, -0.15) is 0 Å². The number of piperidine rings is 1. The maximum atomic E-state index is 12.7. The summed E-state index contributed by atoms with van der Waals surface area (Å²) in [5, 5.41) is 1.07. The Labute approximate surface area is 138 Å². The van der Waals surface area contributed by atoms with Gasteiger partial charge >= 0.3 is 0 Å². The molecule has 1 amide bonds. The van der Waals surface area contributed by atoms with Crippen LogP contribution < -0.4 is 0 Å². The molecule has 0 radical (unpaired) electrons. The van der Waals surface area contributed by atoms with Gasteiger partial charge in [0.2, 0.25) is 5.91 Å². The van der Waals surface area contributed by atoms with Crippen molar-refractivity contribution >= 4 is 16.9 Å². The second-order valence-electron chi connectivity index (χ2n) is 6.86. The number of carbonyl (C=O) groups is 1. The average Bonchev–Trinajstić information content (AvgIpc) is 2.94. The third-order valence-electron chi connectivity index (χ3n) is 5.31. The minimum atomic E-state index is 0.181. The predicted molar refractivity (Wildman–Crippen MR) is 92.7 cm³/mol. The van der Waals surface area contributed by atoms with E-state index in [0.717, 1.165) is 48.0 Å². The standard InChI is InChI=1S/C19H26N2O2/c1-13-5-6-17-15(12-23-19(17)14(13)2)11-18(22)21(4)16-7-9-20(3)10-8-16/h5-6,12,16H,7-11H2,1-4H3. The summed E-state index contributed by atoms with van der Waals surface area (Å²) in [6.07, 6.45) is 4.28. The van der Waals surface area contributed by atoms with Crippen LogP contribution in [0.1, 0.15) is 29.5 Å². The zero-order valence-electron chi connectivity index (χ0n) is 14.6. The molecule has 0 unspecified atom stereocenters. The van der Waals surface area contributed by atoms with Crippen molar-refractivity contribution < 1.29 is 9.21 Å². The predicted octanol–water partition coefficient (Wildman–Crippen LogP) is 3.14. The van der Waals surface area contributed by atoms with Crippen molar-refractivity contribution in [3.05, 3.63) is 35.1 Å². The monoisotopic (exact) mass is 314 g/mol. The Bertz CT molecular complexity index is 711. The molecule has 1 aliphatic heterocycles. The Balaban J connectivity index is 1.74. The number of fused-ring (bicyclic) bond motifs is 1. The first-order chi connectivity index (χ1) is 11.0. The van der Waals surface area contributed by atoms with E-state index in [9.17, 15) is 4.79 Å². The number of benzene rings is 1. The highest BCUT2D eigenvalue weighted by atomic mass is 16.3. The largest absolute Gasteiger partial charge is 0.464 e. The number of likely N-dealkylation sites (N-methyl/N-ethyl adjacent to an activating group) is 1. The van der Waals surface area contributed by atoms with E-state index in [1.54, 1.807) is 6.26 Å². The van der Waals surface area contributed by atoms with Gasteiger partial charge in [-0.1, -0.05) is 12.1 Å². The Morgan fingerprint density at radius 2 is 2.00 bits per heavy atom. The molecule has 2 aromatic rings. The molecule has 124 valence electrons. The third-order valence-corrected chi connectivity index (χ3v) is 5.31. The average molecular weight is 314 g/mol. The lowest BCUT2D eigenvalue weighted by atomic mass is 10.0. The number of rotatable bonds is 3. The van der Waals surface area contributed by atoms with Crippen LogP contribution in [0.3, 0.4) is 0 Å². The van der Waals surface area contributed by atoms with E-state index in [-0.39, 0.29) is 5.91 Å². The maximum Gasteiger partial charge on any atom is 0.227 e. The summed E-state index contributed by atoms with van der Waals surface area (Å²) in [5.74, 6) is 0.181. The van der Waals surface area contributed by atoms with Crippen LogP contribution in [0, 0.1) is 13.8 Å². The van der Waals surface area contributed by atoms with Crippen LogP contribution in [-0.4, -0.2) is 48.9 Å². The quantitative estimate of drug-likeness (QED) is 0.873. The Hall–Kier alpha value is -1.81. The van der Waals surface area contributed by atoms with Gasteiger partial charge in [-0.15, -0.1) is 0 Å². The van der Waals surface area contributed by atoms with Gasteiger partial charge in [-0.05, 0) is 58.0 Å². The minimum absolute atomic E-state index is 0.181. The number of likely N-dealkylation sites (tertiary alicyclic amines) is 1. The molecule has 0 aliphatic carbocycles. The first-order valence-corrected chi connectivity index (χ1v) is 8.38. The second-order valence-corrected chi connectivity index (χ2v) is 6.86. The van der Waals surface area contributed by atoms with Crippen molar-refractivity contribution in [2.24, 2.45) is 0 Å². The third kappa shape index (κ3) is 3.13. The van der Waals surface area contributed by atoms with Crippen LogP contribution in [0.25, 0.3) is 11.0 Å². The van der Waals surface area contributed by atoms with Gasteiger partial charge < -0.3 is 14.2 Å². The van der Waals surface area contributed by atoms with Crippen LogP contribution in [0.15, 0.2) is 22.8 Å². The summed E-state index contributed by atoms with van der Waals surface area (Å²) < 4.78 is 5.72. The number of amides is 1. The van der Waals surface area contributed by atoms with E-state index < -0.39 is 0 Å². The lowest BCUT2D eigenvalue weighted by Gasteiger charge is -2.35. The molecule has 4 nitrogen and oxygen atoms in total. The van der Waals surface area contributed by atoms with Gasteiger partial charge in [0.05, 0.1) is 12.7 Å². The summed E-state index contributed by atoms with van der Waals surface area (Å²) in [6, 6.07) is 4.53. The molecule has 2 heterocycles. The van der Waals surface area contributed by atoms with Crippen molar-refractivity contribution in [2.45, 2.75) is 39.2 Å². The van der Waals surface area contributed by atoms with Crippen LogP contribution in [0.2, 0.25) is 0 Å². The molecule has 1 aromatic carbocycles. The van der Waals surface area contributed by atoms with E-state index in [0.29, 0.717) is 12.5 Å². The molecule has 0 spiro atoms. The van der Waals surface area contributed by atoms with Crippen molar-refractivity contribution in [3.63, 3.8) is 0 Å². The smallest absolute Gasteiger partial charge is 0.227 e. The molecular formula is C19H26N2O2. The first kappa shape index (κ1) is 16.1. The molecule has 0 N–H and O–H groups in total. The molecule has 1 fully saturated rings. The molecule has 1 saturated heterocycles. The van der Waals surface area contributed by atoms with E-state index in [2.05, 4.69) is 37.9 Å². The van der Waals surface area contributed by atoms with E-state index in [4.69, 9.17) is 4.42 Å².